The molecular formula is C61H94N12O19. The SMILES string of the molecule is CCCCCCCCCCCCCC(=O)N[C@@H](CO)C(=O)N[C@@H](CC(C)C)C(=O)N[C@@H](CC(N)=O)C(=O)N1CCC[C@H]1C(=O)N[C@@H](CCC(=O)O)C(=O)N[C@@H](Cc1c[nH]c2ccccc12)C(=O)N[C@@H](CC(N)=O)C(=O)N[C@@H](CCC(=O)O)C(=O)N[C@H](C(=O)O)[C@@H](C)O. The van der Waals surface area contributed by atoms with Crippen LogP contribution in [0, 0.1) is 5.92 Å². The lowest BCUT2D eigenvalue weighted by Gasteiger charge is -2.31. The van der Waals surface area contributed by atoms with Crippen molar-refractivity contribution in [1.82, 2.24) is 52.4 Å². The summed E-state index contributed by atoms with van der Waals surface area (Å²) in [5, 5.41) is 68.2. The molecule has 512 valence electrons. The first-order chi connectivity index (χ1) is 43.6. The van der Waals surface area contributed by atoms with Gasteiger partial charge in [0.1, 0.15) is 48.3 Å². The second kappa shape index (κ2) is 40.2. The molecule has 0 radical (unpaired) electrons. The van der Waals surface area contributed by atoms with Gasteiger partial charge in [0.05, 0.1) is 25.6 Å². The molecule has 18 N–H and O–H groups in total. The third-order valence-corrected chi connectivity index (χ3v) is 15.4. The molecule has 0 aliphatic carbocycles. The van der Waals surface area contributed by atoms with E-state index >= 15 is 0 Å². The highest BCUT2D eigenvalue weighted by Gasteiger charge is 2.41. The maximum absolute atomic E-state index is 14.5. The predicted octanol–water partition coefficient (Wildman–Crippen LogP) is -0.735. The summed E-state index contributed by atoms with van der Waals surface area (Å²) in [6.07, 6.45) is 6.74. The van der Waals surface area contributed by atoms with Gasteiger partial charge in [-0.1, -0.05) is 103 Å². The number of carboxylic acids is 3. The Bertz CT molecular complexity index is 2860. The van der Waals surface area contributed by atoms with Gasteiger partial charge in [-0.2, -0.15) is 0 Å². The number of nitrogens with one attached hydrogen (secondary N) is 9. The van der Waals surface area contributed by atoms with E-state index in [1.54, 1.807) is 38.1 Å². The van der Waals surface area contributed by atoms with Crippen LogP contribution in [0.2, 0.25) is 0 Å². The number of para-hydroxylation sites is 1. The fourth-order valence-corrected chi connectivity index (χ4v) is 10.5. The third-order valence-electron chi connectivity index (χ3n) is 15.4. The van der Waals surface area contributed by atoms with Gasteiger partial charge in [0.2, 0.25) is 65.0 Å². The number of carboxylic acid groups (broad SMARTS) is 3. The second-order valence-electron chi connectivity index (χ2n) is 23.6. The monoisotopic (exact) mass is 1300 g/mol. The molecule has 1 aromatic heterocycles. The fraction of sp³-hybridized carbons (Fsp3) is 0.639. The Morgan fingerprint density at radius 2 is 1.05 bits per heavy atom. The molecule has 0 saturated carbocycles. The zero-order valence-electron chi connectivity index (χ0n) is 52.8. The number of H-pyrrole nitrogens is 1. The van der Waals surface area contributed by atoms with Crippen molar-refractivity contribution in [1.29, 1.82) is 0 Å². The van der Waals surface area contributed by atoms with Crippen LogP contribution in [0.4, 0.5) is 0 Å². The van der Waals surface area contributed by atoms with Gasteiger partial charge in [0, 0.05) is 49.3 Å². The number of primary amides is 2. The van der Waals surface area contributed by atoms with Crippen molar-refractivity contribution < 1.29 is 92.7 Å². The number of amides is 11. The number of rotatable bonds is 45. The van der Waals surface area contributed by atoms with Gasteiger partial charge >= 0.3 is 17.9 Å². The fourth-order valence-electron chi connectivity index (χ4n) is 10.5. The van der Waals surface area contributed by atoms with E-state index in [-0.39, 0.29) is 38.1 Å². The maximum Gasteiger partial charge on any atom is 0.328 e. The highest BCUT2D eigenvalue weighted by Crippen LogP contribution is 2.23. The average molecular weight is 1300 g/mol. The van der Waals surface area contributed by atoms with E-state index in [9.17, 15) is 92.7 Å². The smallest absolute Gasteiger partial charge is 0.328 e. The predicted molar refractivity (Wildman–Crippen MR) is 330 cm³/mol. The number of unbranched alkanes of at least 4 members (excludes halogenated alkanes) is 10. The summed E-state index contributed by atoms with van der Waals surface area (Å²) in [5.41, 5.74) is 12.0. The number of carbonyl (C=O) groups is 14. The van der Waals surface area contributed by atoms with Crippen molar-refractivity contribution >= 4 is 93.8 Å². The van der Waals surface area contributed by atoms with Crippen LogP contribution in [0.15, 0.2) is 30.5 Å². The molecule has 0 spiro atoms. The first-order valence-electron chi connectivity index (χ1n) is 31.4. The topological polar surface area (TPSA) is 507 Å². The molecule has 10 atom stereocenters. The van der Waals surface area contributed by atoms with Crippen LogP contribution in [0.1, 0.15) is 168 Å². The number of aromatic amines is 1. The maximum atomic E-state index is 14.5. The normalized spacial score (nSPS) is 15.8. The van der Waals surface area contributed by atoms with Gasteiger partial charge in [-0.15, -0.1) is 0 Å². The number of benzene rings is 1. The Kier molecular flexibility index (Phi) is 33.9. The molecule has 2 aromatic rings. The molecule has 1 saturated heterocycles. The van der Waals surface area contributed by atoms with Gasteiger partial charge in [0.25, 0.3) is 0 Å². The Morgan fingerprint density at radius 3 is 1.61 bits per heavy atom. The number of hydrogen-bond acceptors (Lipinski definition) is 16. The lowest BCUT2D eigenvalue weighted by Crippen LogP contribution is -2.61. The summed E-state index contributed by atoms with van der Waals surface area (Å²) in [7, 11) is 0. The molecular weight excluding hydrogens is 1200 g/mol. The quantitative estimate of drug-likeness (QED) is 0.0363. The van der Waals surface area contributed by atoms with Crippen LogP contribution in [0.3, 0.4) is 0 Å². The van der Waals surface area contributed by atoms with Gasteiger partial charge in [-0.05, 0) is 63.0 Å². The summed E-state index contributed by atoms with van der Waals surface area (Å²) >= 11 is 0. The number of aliphatic hydroxyl groups excluding tert-OH is 2. The van der Waals surface area contributed by atoms with Crippen molar-refractivity contribution in [2.24, 2.45) is 17.4 Å². The van der Waals surface area contributed by atoms with Crippen LogP contribution in [-0.4, -0.2) is 192 Å². The summed E-state index contributed by atoms with van der Waals surface area (Å²) in [5.74, 6) is -16.4. The van der Waals surface area contributed by atoms with Gasteiger partial charge < -0.3 is 89.4 Å². The van der Waals surface area contributed by atoms with E-state index in [2.05, 4.69) is 49.1 Å². The largest absolute Gasteiger partial charge is 0.481 e. The van der Waals surface area contributed by atoms with Crippen molar-refractivity contribution in [3.05, 3.63) is 36.0 Å². The van der Waals surface area contributed by atoms with Gasteiger partial charge in [-0.25, -0.2) is 4.79 Å². The van der Waals surface area contributed by atoms with E-state index in [1.165, 1.54) is 38.3 Å². The first kappa shape index (κ1) is 77.5. The zero-order valence-corrected chi connectivity index (χ0v) is 52.8. The molecule has 11 amide bonds. The van der Waals surface area contributed by atoms with Crippen LogP contribution in [0.25, 0.3) is 10.9 Å². The standard InChI is InChI=1S/C61H94N12O19/c1-5-6-7-8-9-10-11-12-13-14-15-22-49(78)65-45(33-74)58(88)68-41(28-34(2)3)55(85)71-44(31-48(63)77)60(90)73-27-18-21-46(73)59(89)67-39(23-25-50(79)80)53(83)69-42(29-36-32-64-38-20-17-16-19-37(36)38)56(86)70-43(30-47(62)76)57(87)66-40(24-26-51(81)82)54(84)72-52(35(4)75)61(91)92/h16-17,19-20,32,34-35,39-46,52,64,74-75H,5-15,18,21-31,33H2,1-4H3,(H2,62,76)(H2,63,77)(H,65,78)(H,66,87)(H,67,89)(H,68,88)(H,69,83)(H,70,86)(H,71,85)(H,72,84)(H,79,80)(H,81,82)(H,91,92)/t35-,39+,40+,41+,42+,43+,44+,45+,46+,52+/m1/s1. The van der Waals surface area contributed by atoms with E-state index in [0.717, 1.165) is 43.9 Å². The van der Waals surface area contributed by atoms with Crippen LogP contribution in [0.5, 0.6) is 0 Å². The zero-order chi connectivity index (χ0) is 68.6. The Hall–Kier alpha value is -8.74. The minimum atomic E-state index is -1.97. The summed E-state index contributed by atoms with van der Waals surface area (Å²) in [6.45, 7) is 5.72. The van der Waals surface area contributed by atoms with Crippen molar-refractivity contribution in [2.75, 3.05) is 13.2 Å². The van der Waals surface area contributed by atoms with E-state index < -0.39 is 195 Å². The Balaban J connectivity index is 1.87. The summed E-state index contributed by atoms with van der Waals surface area (Å²) < 4.78 is 0. The van der Waals surface area contributed by atoms with Crippen LogP contribution >= 0.6 is 0 Å². The number of aromatic nitrogens is 1. The van der Waals surface area contributed by atoms with E-state index in [4.69, 9.17) is 11.5 Å². The van der Waals surface area contributed by atoms with Crippen LogP contribution in [-0.2, 0) is 73.5 Å². The number of aliphatic carboxylic acids is 3. The molecule has 0 bridgehead atoms. The number of likely N-dealkylation sites (tertiary alicyclic amines) is 1. The van der Waals surface area contributed by atoms with E-state index in [0.29, 0.717) is 22.9 Å². The van der Waals surface area contributed by atoms with Gasteiger partial charge in [0.15, 0.2) is 6.04 Å². The summed E-state index contributed by atoms with van der Waals surface area (Å²) in [6, 6.07) is -8.56. The highest BCUT2D eigenvalue weighted by atomic mass is 16.4. The van der Waals surface area contributed by atoms with Crippen molar-refractivity contribution in [2.45, 2.75) is 229 Å². The Labute approximate surface area is 533 Å². The van der Waals surface area contributed by atoms with E-state index in [1.807, 2.05) is 5.32 Å². The number of fused-ring (bicyclic) bond motifs is 1. The number of aliphatic hydroxyl groups is 2. The first-order valence-corrected chi connectivity index (χ1v) is 31.4. The minimum Gasteiger partial charge on any atom is -0.481 e. The number of hydrogen-bond donors (Lipinski definition) is 16. The summed E-state index contributed by atoms with van der Waals surface area (Å²) in [4.78, 5) is 190. The molecule has 1 aromatic carbocycles. The molecule has 1 aliphatic heterocycles. The molecule has 31 heteroatoms. The van der Waals surface area contributed by atoms with Gasteiger partial charge in [-0.3, -0.25) is 62.3 Å². The van der Waals surface area contributed by atoms with Crippen LogP contribution < -0.4 is 54.0 Å². The number of carbonyl (C=O) groups excluding carboxylic acids is 11. The highest BCUT2D eigenvalue weighted by molar-refractivity contribution is 6.00. The molecule has 31 nitrogen and oxygen atoms in total. The molecule has 3 rings (SSSR count). The Morgan fingerprint density at radius 1 is 0.576 bits per heavy atom. The third kappa shape index (κ3) is 27.4. The number of nitrogens with zero attached hydrogens (tertiary/aromatic N) is 1. The van der Waals surface area contributed by atoms with Crippen molar-refractivity contribution in [3.8, 4) is 0 Å². The average Bonchev–Trinajstić information content (AvgIpc) is 1.65. The number of nitrogens with two attached hydrogens (primary N) is 2. The van der Waals surface area contributed by atoms with Crippen molar-refractivity contribution in [3.63, 3.8) is 0 Å². The molecule has 1 fully saturated rings. The molecule has 0 unspecified atom stereocenters. The minimum absolute atomic E-state index is 0.0250. The second-order valence-corrected chi connectivity index (χ2v) is 23.6. The lowest BCUT2D eigenvalue weighted by atomic mass is 10.0. The molecule has 1 aliphatic rings. The molecule has 2 heterocycles. The molecule has 92 heavy (non-hydrogen) atoms. The lowest BCUT2D eigenvalue weighted by molar-refractivity contribution is -0.145.